The van der Waals surface area contributed by atoms with Crippen molar-refractivity contribution in [3.8, 4) is 11.1 Å². The summed E-state index contributed by atoms with van der Waals surface area (Å²) in [5, 5.41) is 0.712. The number of benzene rings is 2. The molecule has 0 spiro atoms. The molecule has 2 aromatic carbocycles. The van der Waals surface area contributed by atoms with Crippen LogP contribution in [0.4, 0.5) is 4.39 Å². The Hall–Kier alpha value is -2.31. The topological polar surface area (TPSA) is 68.0 Å². The highest BCUT2D eigenvalue weighted by Gasteiger charge is 2.09. The zero-order valence-electron chi connectivity index (χ0n) is 11.0. The number of hydrogen-bond donors (Lipinski definition) is 2. The second kappa shape index (κ2) is 5.59. The van der Waals surface area contributed by atoms with Crippen molar-refractivity contribution in [3.63, 3.8) is 0 Å². The van der Waals surface area contributed by atoms with Gasteiger partial charge >= 0.3 is 0 Å². The molecule has 0 saturated carbocycles. The Morgan fingerprint density at radius 3 is 2.62 bits per heavy atom. The molecule has 4 nitrogen and oxygen atoms in total. The fourth-order valence-corrected chi connectivity index (χ4v) is 3.06. The number of nitrogens with zero attached hydrogens (tertiary/aromatic N) is 1. The first-order chi connectivity index (χ1) is 10.2. The fourth-order valence-electron chi connectivity index (χ4n) is 2.06. The number of hydrazine groups is 1. The number of nitrogens with one attached hydrogen (secondary N) is 1. The summed E-state index contributed by atoms with van der Waals surface area (Å²) < 4.78 is 13.9. The van der Waals surface area contributed by atoms with Crippen LogP contribution < -0.4 is 11.3 Å². The third-order valence-electron chi connectivity index (χ3n) is 3.08. The smallest absolute Gasteiger partial charge is 0.240 e. The number of nitrogens with two attached hydrogens (primary N) is 1. The minimum atomic E-state index is -0.271. The van der Waals surface area contributed by atoms with E-state index in [-0.39, 0.29) is 18.1 Å². The minimum Gasteiger partial charge on any atom is -0.294 e. The summed E-state index contributed by atoms with van der Waals surface area (Å²) in [6.45, 7) is 0. The van der Waals surface area contributed by atoms with E-state index in [0.717, 1.165) is 21.3 Å². The van der Waals surface area contributed by atoms with Crippen LogP contribution in [-0.4, -0.2) is 10.9 Å². The number of halogens is 1. The van der Waals surface area contributed by atoms with Gasteiger partial charge in [0, 0.05) is 0 Å². The van der Waals surface area contributed by atoms with Crippen LogP contribution in [0.25, 0.3) is 21.3 Å². The van der Waals surface area contributed by atoms with Gasteiger partial charge in [0.2, 0.25) is 5.91 Å². The highest BCUT2D eigenvalue weighted by molar-refractivity contribution is 7.18. The first kappa shape index (κ1) is 13.7. The molecule has 0 aliphatic carbocycles. The number of amides is 1. The minimum absolute atomic E-state index is 0.168. The van der Waals surface area contributed by atoms with Crippen LogP contribution in [0.3, 0.4) is 0 Å². The third-order valence-corrected chi connectivity index (χ3v) is 4.10. The number of hydrogen-bond acceptors (Lipinski definition) is 4. The largest absolute Gasteiger partial charge is 0.294 e. The molecule has 0 unspecified atom stereocenters. The third kappa shape index (κ3) is 2.91. The van der Waals surface area contributed by atoms with Gasteiger partial charge in [-0.1, -0.05) is 18.2 Å². The van der Waals surface area contributed by atoms with Gasteiger partial charge in [-0.2, -0.15) is 0 Å². The fraction of sp³-hybridized carbons (Fsp3) is 0.0667. The van der Waals surface area contributed by atoms with Gasteiger partial charge < -0.3 is 0 Å². The molecule has 106 valence electrons. The molecule has 0 radical (unpaired) electrons. The van der Waals surface area contributed by atoms with Crippen LogP contribution in [0, 0.1) is 5.82 Å². The predicted octanol–water partition coefficient (Wildman–Crippen LogP) is 2.63. The van der Waals surface area contributed by atoms with Gasteiger partial charge in [-0.15, -0.1) is 11.3 Å². The lowest BCUT2D eigenvalue weighted by Crippen LogP contribution is -2.31. The van der Waals surface area contributed by atoms with Gasteiger partial charge in [-0.3, -0.25) is 10.2 Å². The van der Waals surface area contributed by atoms with Crippen LogP contribution in [0.15, 0.2) is 42.5 Å². The molecule has 1 amide bonds. The zero-order chi connectivity index (χ0) is 14.8. The summed E-state index contributed by atoms with van der Waals surface area (Å²) >= 11 is 1.45. The average Bonchev–Trinajstić information content (AvgIpc) is 2.89. The van der Waals surface area contributed by atoms with E-state index in [2.05, 4.69) is 10.4 Å². The van der Waals surface area contributed by atoms with Crippen molar-refractivity contribution in [1.29, 1.82) is 0 Å². The molecule has 0 aliphatic rings. The molecule has 0 bridgehead atoms. The van der Waals surface area contributed by atoms with Crippen molar-refractivity contribution < 1.29 is 9.18 Å². The molecule has 1 heterocycles. The average molecular weight is 301 g/mol. The first-order valence-electron chi connectivity index (χ1n) is 6.30. The second-order valence-corrected chi connectivity index (χ2v) is 5.66. The van der Waals surface area contributed by atoms with Gasteiger partial charge in [0.15, 0.2) is 0 Å². The van der Waals surface area contributed by atoms with Crippen LogP contribution in [0.5, 0.6) is 0 Å². The Kier molecular flexibility index (Phi) is 3.64. The maximum atomic E-state index is 13.0. The van der Waals surface area contributed by atoms with Crippen LogP contribution in [0.2, 0.25) is 0 Å². The lowest BCUT2D eigenvalue weighted by molar-refractivity contribution is -0.120. The second-order valence-electron chi connectivity index (χ2n) is 4.54. The van der Waals surface area contributed by atoms with Gasteiger partial charge in [-0.25, -0.2) is 15.2 Å². The van der Waals surface area contributed by atoms with E-state index in [1.165, 1.54) is 23.5 Å². The van der Waals surface area contributed by atoms with Gasteiger partial charge in [-0.05, 0) is 35.4 Å². The SMILES string of the molecule is NNC(=O)Cc1nc2ccc(-c3ccc(F)cc3)cc2s1. The first-order valence-corrected chi connectivity index (χ1v) is 7.12. The van der Waals surface area contributed by atoms with Gasteiger partial charge in [0.1, 0.15) is 10.8 Å². The van der Waals surface area contributed by atoms with Crippen molar-refractivity contribution in [2.45, 2.75) is 6.42 Å². The normalized spacial score (nSPS) is 10.8. The highest BCUT2D eigenvalue weighted by atomic mass is 32.1. The van der Waals surface area contributed by atoms with Gasteiger partial charge in [0.25, 0.3) is 0 Å². The zero-order valence-corrected chi connectivity index (χ0v) is 11.8. The van der Waals surface area contributed by atoms with E-state index in [1.807, 2.05) is 18.2 Å². The molecular weight excluding hydrogens is 289 g/mol. The Labute approximate surface area is 124 Å². The van der Waals surface area contributed by atoms with Crippen molar-refractivity contribution >= 4 is 27.5 Å². The molecule has 0 saturated heterocycles. The van der Waals surface area contributed by atoms with Crippen molar-refractivity contribution in [3.05, 3.63) is 53.3 Å². The molecule has 3 rings (SSSR count). The number of aromatic nitrogens is 1. The molecule has 0 fully saturated rings. The van der Waals surface area contributed by atoms with Crippen molar-refractivity contribution in [1.82, 2.24) is 10.4 Å². The van der Waals surface area contributed by atoms with Crippen molar-refractivity contribution in [2.24, 2.45) is 5.84 Å². The maximum Gasteiger partial charge on any atom is 0.240 e. The summed E-state index contributed by atoms with van der Waals surface area (Å²) in [5.41, 5.74) is 4.86. The number of thiazole rings is 1. The van der Waals surface area contributed by atoms with E-state index >= 15 is 0 Å². The standard InChI is InChI=1S/C15H12FN3OS/c16-11-4-1-9(2-5-11)10-3-6-12-13(7-10)21-15(18-12)8-14(20)19-17/h1-7H,8,17H2,(H,19,20). The van der Waals surface area contributed by atoms with Crippen LogP contribution >= 0.6 is 11.3 Å². The molecule has 3 aromatic rings. The molecular formula is C15H12FN3OS. The molecule has 1 aromatic heterocycles. The van der Waals surface area contributed by atoms with Crippen LogP contribution in [-0.2, 0) is 11.2 Å². The number of rotatable bonds is 3. The lowest BCUT2D eigenvalue weighted by Gasteiger charge is -2.01. The molecule has 3 N–H and O–H groups in total. The Morgan fingerprint density at radius 1 is 1.19 bits per heavy atom. The summed E-state index contributed by atoms with van der Waals surface area (Å²) in [7, 11) is 0. The number of carbonyl (C=O) groups excluding carboxylic acids is 1. The quantitative estimate of drug-likeness (QED) is 0.444. The van der Waals surface area contributed by atoms with E-state index in [0.29, 0.717) is 5.01 Å². The Bertz CT molecular complexity index is 798. The summed E-state index contributed by atoms with van der Waals surface area (Å²) in [6, 6.07) is 12.2. The van der Waals surface area contributed by atoms with E-state index < -0.39 is 0 Å². The molecule has 21 heavy (non-hydrogen) atoms. The summed E-state index contributed by atoms with van der Waals surface area (Å²) in [6.07, 6.45) is 0.168. The molecule has 0 aliphatic heterocycles. The van der Waals surface area contributed by atoms with Gasteiger partial charge in [0.05, 0.1) is 16.6 Å². The molecule has 6 heteroatoms. The van der Waals surface area contributed by atoms with E-state index in [4.69, 9.17) is 5.84 Å². The van der Waals surface area contributed by atoms with E-state index in [1.54, 1.807) is 12.1 Å². The maximum absolute atomic E-state index is 13.0. The highest BCUT2D eigenvalue weighted by Crippen LogP contribution is 2.28. The number of fused-ring (bicyclic) bond motifs is 1. The number of carbonyl (C=O) groups is 1. The Morgan fingerprint density at radius 2 is 1.90 bits per heavy atom. The summed E-state index contributed by atoms with van der Waals surface area (Å²) in [4.78, 5) is 15.7. The Balaban J connectivity index is 1.96. The predicted molar refractivity (Wildman–Crippen MR) is 81.0 cm³/mol. The summed E-state index contributed by atoms with van der Waals surface area (Å²) in [5.74, 6) is 4.55. The van der Waals surface area contributed by atoms with E-state index in [9.17, 15) is 9.18 Å². The lowest BCUT2D eigenvalue weighted by atomic mass is 10.1. The van der Waals surface area contributed by atoms with Crippen LogP contribution in [0.1, 0.15) is 5.01 Å². The molecule has 0 atom stereocenters. The van der Waals surface area contributed by atoms with Crippen molar-refractivity contribution in [2.75, 3.05) is 0 Å². The monoisotopic (exact) mass is 301 g/mol.